The third-order valence-electron chi connectivity index (χ3n) is 14.1. The second-order valence-electron chi connectivity index (χ2n) is 18.3. The molecule has 2 aromatic heterocycles. The summed E-state index contributed by atoms with van der Waals surface area (Å²) in [6, 6.07) is 94.7. The van der Waals surface area contributed by atoms with Gasteiger partial charge in [-0.2, -0.15) is 18.2 Å². The maximum Gasteiger partial charge on any atom is 0.421 e. The van der Waals surface area contributed by atoms with Gasteiger partial charge in [-0.15, -0.1) is 30.3 Å². The van der Waals surface area contributed by atoms with Crippen LogP contribution in [-0.2, 0) is 21.1 Å². The van der Waals surface area contributed by atoms with Gasteiger partial charge in [-0.3, -0.25) is 4.57 Å². The first kappa shape index (κ1) is 44.9. The van der Waals surface area contributed by atoms with Crippen LogP contribution in [0.4, 0.5) is 22.9 Å². The van der Waals surface area contributed by atoms with Crippen LogP contribution < -0.4 is 24.4 Å². The number of para-hydroxylation sites is 4. The zero-order valence-electron chi connectivity index (χ0n) is 39.8. The number of aromatic nitrogens is 3. The van der Waals surface area contributed by atoms with Gasteiger partial charge in [0.15, 0.2) is 0 Å². The smallest absolute Gasteiger partial charge is 0.421 e. The molecular weight excluding hydrogens is 1080 g/mol. The van der Waals surface area contributed by atoms with Crippen molar-refractivity contribution in [1.29, 1.82) is 0 Å². The number of rotatable bonds is 8. The SMILES string of the molecule is [Pt].[c-]1c(Oc2[c-]c(-n3[c-][n+](-c4c(-c5ccccc5)cccc4-c4ccccc4)c4ccccc43)ccc2)cccc1N1B2c3c(-c4ccccc4)cccc3-c3ccccc3-c3ccccc3N2c2cccnc21. The summed E-state index contributed by atoms with van der Waals surface area (Å²) in [7, 11) is 0. The summed E-state index contributed by atoms with van der Waals surface area (Å²) in [6.45, 7) is -0.356. The Morgan fingerprint density at radius 2 is 0.905 bits per heavy atom. The number of hydrogen-bond donors (Lipinski definition) is 0. The van der Waals surface area contributed by atoms with Crippen molar-refractivity contribution in [3.8, 4) is 78.5 Å². The molecule has 0 unspecified atom stereocenters. The van der Waals surface area contributed by atoms with Gasteiger partial charge in [0.05, 0.1) is 22.4 Å². The first-order valence-electron chi connectivity index (χ1n) is 24.6. The van der Waals surface area contributed by atoms with Crippen LogP contribution in [0.1, 0.15) is 0 Å². The van der Waals surface area contributed by atoms with Crippen LogP contribution in [-0.4, -0.2) is 16.5 Å². The number of imidazole rings is 1. The number of nitrogens with zero attached hydrogens (tertiary/aromatic N) is 5. The molecule has 0 aliphatic carbocycles. The molecule has 0 saturated carbocycles. The molecule has 8 heteroatoms. The molecule has 0 saturated heterocycles. The van der Waals surface area contributed by atoms with Crippen LogP contribution in [0, 0.1) is 18.5 Å². The van der Waals surface area contributed by atoms with Gasteiger partial charge in [0, 0.05) is 50.0 Å². The summed E-state index contributed by atoms with van der Waals surface area (Å²) in [4.78, 5) is 9.95. The average Bonchev–Trinajstić information content (AvgIpc) is 4.10. The number of anilines is 4. The van der Waals surface area contributed by atoms with Crippen LogP contribution in [0.2, 0.25) is 0 Å². The van der Waals surface area contributed by atoms with Gasteiger partial charge in [0.2, 0.25) is 0 Å². The number of hydrogen-bond acceptors (Lipinski definition) is 4. The Morgan fingerprint density at radius 1 is 0.405 bits per heavy atom. The molecular formula is C66H42BN5OPt-2. The van der Waals surface area contributed by atoms with E-state index in [0.717, 1.165) is 89.8 Å². The Bertz CT molecular complexity index is 3990. The van der Waals surface area contributed by atoms with E-state index in [1.54, 1.807) is 0 Å². The van der Waals surface area contributed by atoms with Gasteiger partial charge in [-0.05, 0) is 79.4 Å². The molecule has 4 heterocycles. The standard InChI is InChI=1S/C66H42BN5O.Pt/c1-4-21-46(22-5-1)53-34-18-37-59-57-32-11-10-31-56(57)58-33-12-13-38-60(58)72-63-41-20-42-68-66(63)71(67(72)64(53)59)50-28-17-30-52(44-50)73-51-29-16-27-49(43-51)69-45-70(62-40-15-14-39-61(62)69)65-54(47-23-6-2-7-24-47)35-19-36-55(65)48-25-8-3-9-26-48;/h1-42H;/q-2;. The van der Waals surface area contributed by atoms with Gasteiger partial charge in [-0.1, -0.05) is 200 Å². The molecule has 0 N–H and O–H groups in total. The zero-order chi connectivity index (χ0) is 48.2. The summed E-state index contributed by atoms with van der Waals surface area (Å²) >= 11 is 0. The molecule has 2 aliphatic heterocycles. The number of fused-ring (bicyclic) bond motifs is 11. The van der Waals surface area contributed by atoms with Crippen LogP contribution in [0.25, 0.3) is 78.0 Å². The van der Waals surface area contributed by atoms with Crippen LogP contribution >= 0.6 is 0 Å². The molecule has 12 aromatic rings. The number of pyridine rings is 1. The monoisotopic (exact) mass is 1130 g/mol. The maximum atomic E-state index is 6.83. The fraction of sp³-hybridized carbons (Fsp3) is 0. The van der Waals surface area contributed by atoms with Gasteiger partial charge in [0.1, 0.15) is 5.82 Å². The van der Waals surface area contributed by atoms with Crippen molar-refractivity contribution >= 4 is 46.4 Å². The Kier molecular flexibility index (Phi) is 11.4. The third-order valence-corrected chi connectivity index (χ3v) is 14.1. The second-order valence-corrected chi connectivity index (χ2v) is 18.3. The fourth-order valence-electron chi connectivity index (χ4n) is 11.0. The zero-order valence-corrected chi connectivity index (χ0v) is 42.1. The molecule has 0 fully saturated rings. The first-order chi connectivity index (χ1) is 36.2. The Morgan fingerprint density at radius 3 is 1.59 bits per heavy atom. The van der Waals surface area contributed by atoms with Crippen molar-refractivity contribution in [2.45, 2.75) is 0 Å². The van der Waals surface area contributed by atoms with E-state index in [1.807, 2.05) is 36.5 Å². The molecule has 0 bridgehead atoms. The summed E-state index contributed by atoms with van der Waals surface area (Å²) in [5.74, 6) is 1.93. The molecule has 6 nitrogen and oxygen atoms in total. The largest absolute Gasteiger partial charge is 0.510 e. The first-order valence-corrected chi connectivity index (χ1v) is 24.6. The Hall–Kier alpha value is -9.03. The molecule has 0 radical (unpaired) electrons. The van der Waals surface area contributed by atoms with Crippen LogP contribution in [0.3, 0.4) is 0 Å². The molecule has 0 atom stereocenters. The minimum absolute atomic E-state index is 0. The van der Waals surface area contributed by atoms with Gasteiger partial charge in [-0.25, -0.2) is 4.98 Å². The van der Waals surface area contributed by atoms with Crippen LogP contribution in [0.5, 0.6) is 11.5 Å². The van der Waals surface area contributed by atoms with Gasteiger partial charge < -0.3 is 18.9 Å². The van der Waals surface area contributed by atoms with E-state index >= 15 is 0 Å². The summed E-state index contributed by atoms with van der Waals surface area (Å²) in [5.41, 5.74) is 19.3. The number of benzene rings is 10. The van der Waals surface area contributed by atoms with Gasteiger partial charge in [0.25, 0.3) is 6.33 Å². The molecule has 0 amide bonds. The average molecular weight is 1130 g/mol. The topological polar surface area (TPSA) is 37.4 Å². The van der Waals surface area contributed by atoms with Gasteiger partial charge >= 0.3 is 6.98 Å². The molecule has 74 heavy (non-hydrogen) atoms. The number of ether oxygens (including phenoxy) is 1. The van der Waals surface area contributed by atoms with Crippen molar-refractivity contribution in [2.24, 2.45) is 0 Å². The predicted octanol–water partition coefficient (Wildman–Crippen LogP) is 14.8. The van der Waals surface area contributed by atoms with Crippen molar-refractivity contribution in [3.05, 3.63) is 273 Å². The van der Waals surface area contributed by atoms with Crippen LogP contribution in [0.15, 0.2) is 255 Å². The van der Waals surface area contributed by atoms with E-state index in [0.29, 0.717) is 11.5 Å². The van der Waals surface area contributed by atoms with E-state index < -0.39 is 0 Å². The van der Waals surface area contributed by atoms with Crippen molar-refractivity contribution in [3.63, 3.8) is 0 Å². The van der Waals surface area contributed by atoms with E-state index in [-0.39, 0.29) is 28.0 Å². The second kappa shape index (κ2) is 18.9. The van der Waals surface area contributed by atoms with E-state index in [9.17, 15) is 0 Å². The van der Waals surface area contributed by atoms with E-state index in [4.69, 9.17) is 9.72 Å². The molecule has 14 rings (SSSR count). The third kappa shape index (κ3) is 7.55. The molecule has 0 spiro atoms. The van der Waals surface area contributed by atoms with E-state index in [2.05, 4.69) is 256 Å². The summed E-state index contributed by atoms with van der Waals surface area (Å²) in [5, 5.41) is 0. The quantitative estimate of drug-likeness (QED) is 0.0863. The van der Waals surface area contributed by atoms with Crippen molar-refractivity contribution in [2.75, 3.05) is 9.62 Å². The van der Waals surface area contributed by atoms with Crippen molar-refractivity contribution in [1.82, 2.24) is 9.55 Å². The summed E-state index contributed by atoms with van der Waals surface area (Å²) < 4.78 is 11.1. The minimum atomic E-state index is -0.356. The fourth-order valence-corrected chi connectivity index (χ4v) is 11.0. The normalized spacial score (nSPS) is 12.1. The summed E-state index contributed by atoms with van der Waals surface area (Å²) in [6.07, 6.45) is 5.66. The predicted molar refractivity (Wildman–Crippen MR) is 295 cm³/mol. The van der Waals surface area contributed by atoms with Crippen molar-refractivity contribution < 1.29 is 30.4 Å². The minimum Gasteiger partial charge on any atom is -0.510 e. The maximum absolute atomic E-state index is 6.83. The molecule has 10 aromatic carbocycles. The Labute approximate surface area is 445 Å². The van der Waals surface area contributed by atoms with E-state index in [1.165, 1.54) is 16.6 Å². The molecule has 2 aliphatic rings. The molecule has 352 valence electrons. The Balaban J connectivity index is 0.00000528.